The molecule has 7 heteroatoms. The van der Waals surface area contributed by atoms with E-state index in [0.717, 1.165) is 53.4 Å². The van der Waals surface area contributed by atoms with Gasteiger partial charge in [0, 0.05) is 12.4 Å². The minimum absolute atomic E-state index is 0.252. The van der Waals surface area contributed by atoms with Crippen LogP contribution in [0.5, 0.6) is 5.75 Å². The van der Waals surface area contributed by atoms with Crippen molar-refractivity contribution in [2.45, 2.75) is 37.6 Å². The molecule has 1 fully saturated rings. The summed E-state index contributed by atoms with van der Waals surface area (Å²) < 4.78 is 13.9. The number of aryl methyl sites for hydroxylation is 1. The number of rotatable bonds is 8. The summed E-state index contributed by atoms with van der Waals surface area (Å²) in [4.78, 5) is 1.14. The molecule has 142 valence electrons. The smallest absolute Gasteiger partial charge is 0.191 e. The van der Waals surface area contributed by atoms with Crippen LogP contribution in [-0.4, -0.2) is 39.8 Å². The van der Waals surface area contributed by atoms with Crippen molar-refractivity contribution in [3.8, 4) is 16.5 Å². The van der Waals surface area contributed by atoms with Crippen molar-refractivity contribution < 1.29 is 9.47 Å². The summed E-state index contributed by atoms with van der Waals surface area (Å²) >= 11 is 3.38. The predicted octanol–water partition coefficient (Wildman–Crippen LogP) is 4.67. The molecule has 1 aromatic carbocycles. The molecule has 0 amide bonds. The number of hydrogen-bond donors (Lipinski definition) is 0. The van der Waals surface area contributed by atoms with E-state index in [4.69, 9.17) is 9.47 Å². The Balaban J connectivity index is 1.42. The third-order valence-electron chi connectivity index (χ3n) is 4.44. The molecule has 0 radical (unpaired) electrons. The van der Waals surface area contributed by atoms with Crippen LogP contribution < -0.4 is 4.74 Å². The topological polar surface area (TPSA) is 49.2 Å². The van der Waals surface area contributed by atoms with Gasteiger partial charge in [0.1, 0.15) is 5.75 Å². The fraction of sp³-hybridized carbons (Fsp3) is 0.400. The molecular weight excluding hydrogens is 378 g/mol. The second kappa shape index (κ2) is 8.91. The van der Waals surface area contributed by atoms with Gasteiger partial charge in [0.2, 0.25) is 0 Å². The highest BCUT2D eigenvalue weighted by Gasteiger charge is 2.22. The average molecular weight is 402 g/mol. The summed E-state index contributed by atoms with van der Waals surface area (Å²) in [7, 11) is 0. The van der Waals surface area contributed by atoms with Crippen LogP contribution in [0.1, 0.15) is 18.4 Å². The molecular formula is C20H23N3O2S2. The van der Waals surface area contributed by atoms with Gasteiger partial charge >= 0.3 is 0 Å². The monoisotopic (exact) mass is 401 g/mol. The van der Waals surface area contributed by atoms with Gasteiger partial charge in [0.25, 0.3) is 0 Å². The highest BCUT2D eigenvalue weighted by molar-refractivity contribution is 7.99. The molecule has 1 unspecified atom stereocenters. The van der Waals surface area contributed by atoms with Crippen molar-refractivity contribution in [3.63, 3.8) is 0 Å². The maximum absolute atomic E-state index is 5.86. The molecule has 0 saturated carbocycles. The summed E-state index contributed by atoms with van der Waals surface area (Å²) in [6.07, 6.45) is 2.49. The molecule has 0 N–H and O–H groups in total. The van der Waals surface area contributed by atoms with Crippen molar-refractivity contribution in [1.29, 1.82) is 0 Å². The number of aromatic nitrogens is 3. The van der Waals surface area contributed by atoms with Crippen molar-refractivity contribution in [1.82, 2.24) is 14.8 Å². The van der Waals surface area contributed by atoms with Gasteiger partial charge in [0.15, 0.2) is 11.0 Å². The van der Waals surface area contributed by atoms with Crippen LogP contribution in [0.3, 0.4) is 0 Å². The Bertz CT molecular complexity index is 858. The summed E-state index contributed by atoms with van der Waals surface area (Å²) in [6.45, 7) is 4.37. The standard InChI is InChI=1S/C20H23N3O2S2/c1-15-5-2-6-16(13-15)25-10-12-27-20-22-21-19(18-8-4-11-26-18)23(20)14-17-7-3-9-24-17/h2,4-6,8,11,13,17H,3,7,9-10,12,14H2,1H3. The zero-order chi connectivity index (χ0) is 18.5. The lowest BCUT2D eigenvalue weighted by atomic mass is 10.2. The number of nitrogens with zero attached hydrogens (tertiary/aromatic N) is 3. The first-order chi connectivity index (χ1) is 13.3. The minimum atomic E-state index is 0.252. The quantitative estimate of drug-likeness (QED) is 0.406. The molecule has 1 aliphatic heterocycles. The largest absolute Gasteiger partial charge is 0.493 e. The van der Waals surface area contributed by atoms with E-state index in [0.29, 0.717) is 6.61 Å². The van der Waals surface area contributed by atoms with E-state index in [1.165, 1.54) is 5.56 Å². The van der Waals surface area contributed by atoms with E-state index >= 15 is 0 Å². The molecule has 3 heterocycles. The van der Waals surface area contributed by atoms with Crippen LogP contribution in [-0.2, 0) is 11.3 Å². The lowest BCUT2D eigenvalue weighted by molar-refractivity contribution is 0.0953. The first kappa shape index (κ1) is 18.5. The van der Waals surface area contributed by atoms with Crippen LogP contribution in [0.15, 0.2) is 46.9 Å². The fourth-order valence-electron chi connectivity index (χ4n) is 3.14. The normalized spacial score (nSPS) is 16.7. The Morgan fingerprint density at radius 1 is 1.30 bits per heavy atom. The Morgan fingerprint density at radius 2 is 2.26 bits per heavy atom. The van der Waals surface area contributed by atoms with Crippen LogP contribution in [0, 0.1) is 6.92 Å². The van der Waals surface area contributed by atoms with Crippen LogP contribution >= 0.6 is 23.1 Å². The first-order valence-corrected chi connectivity index (χ1v) is 11.1. The number of thioether (sulfide) groups is 1. The lowest BCUT2D eigenvalue weighted by Crippen LogP contribution is -2.16. The van der Waals surface area contributed by atoms with Gasteiger partial charge in [-0.1, -0.05) is 30.0 Å². The van der Waals surface area contributed by atoms with Crippen molar-refractivity contribution in [2.24, 2.45) is 0 Å². The van der Waals surface area contributed by atoms with Gasteiger partial charge in [-0.3, -0.25) is 4.57 Å². The third kappa shape index (κ3) is 4.72. The van der Waals surface area contributed by atoms with Crippen molar-refractivity contribution in [2.75, 3.05) is 19.0 Å². The van der Waals surface area contributed by atoms with Gasteiger partial charge in [-0.2, -0.15) is 0 Å². The molecule has 0 aliphatic carbocycles. The van der Waals surface area contributed by atoms with Crippen LogP contribution in [0.25, 0.3) is 10.7 Å². The van der Waals surface area contributed by atoms with E-state index in [2.05, 4.69) is 45.3 Å². The van der Waals surface area contributed by atoms with E-state index in [1.54, 1.807) is 23.1 Å². The van der Waals surface area contributed by atoms with E-state index < -0.39 is 0 Å². The second-order valence-electron chi connectivity index (χ2n) is 6.54. The molecule has 1 saturated heterocycles. The van der Waals surface area contributed by atoms with Crippen molar-refractivity contribution in [3.05, 3.63) is 47.3 Å². The Hall–Kier alpha value is -1.83. The van der Waals surface area contributed by atoms with Crippen molar-refractivity contribution >= 4 is 23.1 Å². The highest BCUT2D eigenvalue weighted by Crippen LogP contribution is 2.29. The average Bonchev–Trinajstić information content (AvgIpc) is 3.42. The highest BCUT2D eigenvalue weighted by atomic mass is 32.2. The summed E-state index contributed by atoms with van der Waals surface area (Å²) in [5.74, 6) is 2.67. The van der Waals surface area contributed by atoms with Gasteiger partial charge in [-0.25, -0.2) is 0 Å². The first-order valence-electron chi connectivity index (χ1n) is 9.20. The number of ether oxygens (including phenoxy) is 2. The summed E-state index contributed by atoms with van der Waals surface area (Å²) in [5, 5.41) is 11.9. The van der Waals surface area contributed by atoms with E-state index in [1.807, 2.05) is 18.2 Å². The molecule has 2 aromatic heterocycles. The van der Waals surface area contributed by atoms with E-state index in [-0.39, 0.29) is 6.10 Å². The fourth-order valence-corrected chi connectivity index (χ4v) is 4.62. The van der Waals surface area contributed by atoms with Gasteiger partial charge in [-0.15, -0.1) is 21.5 Å². The summed E-state index contributed by atoms with van der Waals surface area (Å²) in [6, 6.07) is 12.3. The van der Waals surface area contributed by atoms with Gasteiger partial charge < -0.3 is 9.47 Å². The number of hydrogen-bond acceptors (Lipinski definition) is 6. The number of thiophene rings is 1. The molecule has 4 rings (SSSR count). The second-order valence-corrected chi connectivity index (χ2v) is 8.55. The molecule has 0 spiro atoms. The predicted molar refractivity (Wildman–Crippen MR) is 110 cm³/mol. The Kier molecular flexibility index (Phi) is 6.11. The zero-order valence-electron chi connectivity index (χ0n) is 15.3. The molecule has 3 aromatic rings. The Labute approximate surface area is 167 Å². The SMILES string of the molecule is Cc1cccc(OCCSc2nnc(-c3cccs3)n2CC2CCCO2)c1. The minimum Gasteiger partial charge on any atom is -0.493 e. The van der Waals surface area contributed by atoms with E-state index in [9.17, 15) is 0 Å². The molecule has 5 nitrogen and oxygen atoms in total. The van der Waals surface area contributed by atoms with Gasteiger partial charge in [-0.05, 0) is 48.9 Å². The maximum atomic E-state index is 5.86. The maximum Gasteiger partial charge on any atom is 0.191 e. The van der Waals surface area contributed by atoms with Crippen LogP contribution in [0.2, 0.25) is 0 Å². The molecule has 0 bridgehead atoms. The molecule has 1 atom stereocenters. The number of benzene rings is 1. The molecule has 1 aliphatic rings. The molecule has 27 heavy (non-hydrogen) atoms. The zero-order valence-corrected chi connectivity index (χ0v) is 17.0. The summed E-state index contributed by atoms with van der Waals surface area (Å²) in [5.41, 5.74) is 1.21. The third-order valence-corrected chi connectivity index (χ3v) is 6.24. The van der Waals surface area contributed by atoms with Crippen LogP contribution in [0.4, 0.5) is 0 Å². The lowest BCUT2D eigenvalue weighted by Gasteiger charge is -2.14. The Morgan fingerprint density at radius 3 is 3.04 bits per heavy atom. The van der Waals surface area contributed by atoms with Gasteiger partial charge in [0.05, 0.1) is 24.1 Å².